The summed E-state index contributed by atoms with van der Waals surface area (Å²) in [5.41, 5.74) is -1.06. The predicted molar refractivity (Wildman–Crippen MR) is 186 cm³/mol. The Morgan fingerprint density at radius 1 is 0.855 bits per heavy atom. The van der Waals surface area contributed by atoms with Crippen molar-refractivity contribution in [3.05, 3.63) is 94.6 Å². The molecule has 2 bridgehead atoms. The molecule has 0 spiro atoms. The highest BCUT2D eigenvalue weighted by Gasteiger charge is 2.55. The van der Waals surface area contributed by atoms with Crippen LogP contribution in [-0.2, 0) is 15.7 Å². The number of ether oxygens (including phenoxy) is 2. The van der Waals surface area contributed by atoms with Gasteiger partial charge in [0, 0.05) is 29.3 Å². The van der Waals surface area contributed by atoms with E-state index in [1.165, 1.54) is 25.3 Å². The Hall–Kier alpha value is -5.08. The van der Waals surface area contributed by atoms with Gasteiger partial charge >= 0.3 is 12.3 Å². The Morgan fingerprint density at radius 3 is 2.24 bits per heavy atom. The highest BCUT2D eigenvalue weighted by Crippen LogP contribution is 2.54. The highest BCUT2D eigenvalue weighted by molar-refractivity contribution is 6.00. The van der Waals surface area contributed by atoms with Gasteiger partial charge in [-0.15, -0.1) is 0 Å². The van der Waals surface area contributed by atoms with Crippen LogP contribution in [0, 0.1) is 35.3 Å². The van der Waals surface area contributed by atoms with Gasteiger partial charge in [-0.2, -0.15) is 13.2 Å². The topological polar surface area (TPSA) is 106 Å². The maximum absolute atomic E-state index is 15.4. The van der Waals surface area contributed by atoms with Crippen molar-refractivity contribution < 1.29 is 54.6 Å². The van der Waals surface area contributed by atoms with E-state index in [1.807, 2.05) is 0 Å². The Bertz CT molecular complexity index is 2010. The summed E-state index contributed by atoms with van der Waals surface area (Å²) in [6, 6.07) is 8.56. The molecule has 0 radical (unpaired) electrons. The van der Waals surface area contributed by atoms with Crippen LogP contribution in [0.5, 0.6) is 5.75 Å². The van der Waals surface area contributed by atoms with Gasteiger partial charge in [0.05, 0.1) is 24.2 Å². The van der Waals surface area contributed by atoms with Crippen LogP contribution in [0.15, 0.2) is 66.2 Å². The third-order valence-corrected chi connectivity index (χ3v) is 11.1. The summed E-state index contributed by atoms with van der Waals surface area (Å²) in [6.45, 7) is 0. The highest BCUT2D eigenvalue weighted by atomic mass is 19.4. The molecule has 4 fully saturated rings. The third kappa shape index (κ3) is 8.01. The molecule has 7 rings (SSSR count). The van der Waals surface area contributed by atoms with Crippen molar-refractivity contribution in [2.45, 2.75) is 75.7 Å². The van der Waals surface area contributed by atoms with Gasteiger partial charge in [-0.3, -0.25) is 9.59 Å². The maximum Gasteiger partial charge on any atom is 0.419 e. The van der Waals surface area contributed by atoms with Gasteiger partial charge in [-0.1, -0.05) is 23.8 Å². The molecule has 3 amide bonds. The van der Waals surface area contributed by atoms with Crippen LogP contribution in [0.3, 0.4) is 0 Å². The SMILES string of the molecule is COc1ccc(-c2cc(C(OC(=O)NC3CCC3)C(F)F)ccc2F)cc1C(=O)N[C@H]1[C@@H](C(=O)Nc2ccc(F)c(C(F)(F)F)c2)[C@H]2CC[C@@H]1/C2=C\C1CC1. The first-order valence-electron chi connectivity index (χ1n) is 18.1. The molecule has 3 N–H and O–H groups in total. The van der Waals surface area contributed by atoms with Crippen molar-refractivity contribution in [1.29, 1.82) is 0 Å². The second kappa shape index (κ2) is 15.2. The zero-order valence-electron chi connectivity index (χ0n) is 29.5. The lowest BCUT2D eigenvalue weighted by Crippen LogP contribution is -2.48. The number of hydrogen-bond acceptors (Lipinski definition) is 5. The quantitative estimate of drug-likeness (QED) is 0.133. The number of nitrogens with one attached hydrogen (secondary N) is 3. The summed E-state index contributed by atoms with van der Waals surface area (Å²) in [6.07, 6.45) is -3.49. The molecule has 292 valence electrons. The van der Waals surface area contributed by atoms with E-state index in [0.717, 1.165) is 49.1 Å². The first-order chi connectivity index (χ1) is 26.2. The summed E-state index contributed by atoms with van der Waals surface area (Å²) in [5.74, 6) is -4.65. The Balaban J connectivity index is 1.16. The fourth-order valence-corrected chi connectivity index (χ4v) is 7.96. The van der Waals surface area contributed by atoms with Gasteiger partial charge < -0.3 is 25.4 Å². The van der Waals surface area contributed by atoms with E-state index in [1.54, 1.807) is 0 Å². The molecule has 4 aliphatic carbocycles. The molecule has 1 unspecified atom stereocenters. The normalized spacial score (nSPS) is 23.3. The molecule has 4 saturated carbocycles. The van der Waals surface area contributed by atoms with Crippen molar-refractivity contribution in [2.24, 2.45) is 23.7 Å². The lowest BCUT2D eigenvalue weighted by atomic mass is 9.83. The second-order valence-corrected chi connectivity index (χ2v) is 14.6. The van der Waals surface area contributed by atoms with E-state index in [4.69, 9.17) is 9.47 Å². The molecule has 15 heteroatoms. The molecule has 55 heavy (non-hydrogen) atoms. The number of alkyl halides is 5. The largest absolute Gasteiger partial charge is 0.496 e. The average Bonchev–Trinajstić information content (AvgIpc) is 3.80. The molecule has 0 aromatic heterocycles. The Labute approximate surface area is 311 Å². The third-order valence-electron chi connectivity index (χ3n) is 11.1. The van der Waals surface area contributed by atoms with Gasteiger partial charge in [0.25, 0.3) is 12.3 Å². The lowest BCUT2D eigenvalue weighted by Gasteiger charge is -2.30. The number of carbonyl (C=O) groups is 3. The van der Waals surface area contributed by atoms with E-state index >= 15 is 4.39 Å². The number of carbonyl (C=O) groups excluding carboxylic acids is 3. The molecule has 5 atom stereocenters. The molecule has 0 heterocycles. The van der Waals surface area contributed by atoms with Crippen molar-refractivity contribution >= 4 is 23.6 Å². The molecule has 0 aliphatic heterocycles. The van der Waals surface area contributed by atoms with Gasteiger partial charge in [0.15, 0.2) is 6.10 Å². The standard InChI is InChI=1S/C40H38F7N3O5/c1-54-32-14-8-20(26-17-21(7-12-30(26)41)35(36(43)44)55-39(53)49-22-3-2-4-22)16-28(32)37(51)50-34-25-11-10-24(27(25)15-19-5-6-19)33(34)38(52)48-23-9-13-31(42)29(18-23)40(45,46)47/h7-9,12-19,22,24-25,33-36H,2-6,10-11H2,1H3,(H,48,52)(H,49,53)(H,50,51)/b27-15-/t24-,25+,33-,34+,35?/m0/s1. The zero-order chi connectivity index (χ0) is 39.2. The molecule has 4 aliphatic rings. The number of alkyl carbamates (subject to hydrolysis) is 1. The van der Waals surface area contributed by atoms with Crippen LogP contribution in [0.1, 0.15) is 72.5 Å². The van der Waals surface area contributed by atoms with Crippen LogP contribution in [-0.4, -0.2) is 43.5 Å². The number of halogens is 7. The molecular weight excluding hydrogens is 735 g/mol. The number of allylic oxidation sites excluding steroid dienone is 1. The van der Waals surface area contributed by atoms with E-state index < -0.39 is 65.8 Å². The molecular formula is C40H38F7N3O5. The van der Waals surface area contributed by atoms with Gasteiger partial charge in [0.2, 0.25) is 5.91 Å². The van der Waals surface area contributed by atoms with Gasteiger partial charge in [0.1, 0.15) is 17.4 Å². The van der Waals surface area contributed by atoms with Crippen molar-refractivity contribution in [2.75, 3.05) is 12.4 Å². The number of benzene rings is 3. The Kier molecular flexibility index (Phi) is 10.6. The number of anilines is 1. The van der Waals surface area contributed by atoms with Crippen LogP contribution >= 0.6 is 0 Å². The summed E-state index contributed by atoms with van der Waals surface area (Å²) >= 11 is 0. The van der Waals surface area contributed by atoms with Gasteiger partial charge in [-0.05, 0) is 110 Å². The van der Waals surface area contributed by atoms with Crippen LogP contribution in [0.25, 0.3) is 11.1 Å². The summed E-state index contributed by atoms with van der Waals surface area (Å²) in [4.78, 5) is 40.3. The van der Waals surface area contributed by atoms with E-state index in [2.05, 4.69) is 22.0 Å². The number of fused-ring (bicyclic) bond motifs is 2. The minimum atomic E-state index is -4.99. The molecule has 8 nitrogen and oxygen atoms in total. The lowest BCUT2D eigenvalue weighted by molar-refractivity contribution is -0.140. The Morgan fingerprint density at radius 2 is 1.58 bits per heavy atom. The number of rotatable bonds is 11. The first-order valence-corrected chi connectivity index (χ1v) is 18.1. The number of hydrogen-bond donors (Lipinski definition) is 3. The minimum Gasteiger partial charge on any atom is -0.496 e. The van der Waals surface area contributed by atoms with Crippen LogP contribution < -0.4 is 20.7 Å². The van der Waals surface area contributed by atoms with Gasteiger partial charge in [-0.25, -0.2) is 22.4 Å². The van der Waals surface area contributed by atoms with E-state index in [9.17, 15) is 40.7 Å². The van der Waals surface area contributed by atoms with Crippen molar-refractivity contribution in [3.63, 3.8) is 0 Å². The zero-order valence-corrected chi connectivity index (χ0v) is 29.5. The minimum absolute atomic E-state index is 0.0608. The fraction of sp³-hybridized carbons (Fsp3) is 0.425. The van der Waals surface area contributed by atoms with Crippen molar-refractivity contribution in [3.8, 4) is 16.9 Å². The summed E-state index contributed by atoms with van der Waals surface area (Å²) in [5, 5.41) is 8.00. The fourth-order valence-electron chi connectivity index (χ4n) is 7.96. The average molecular weight is 774 g/mol. The second-order valence-electron chi connectivity index (χ2n) is 14.6. The monoisotopic (exact) mass is 773 g/mol. The summed E-state index contributed by atoms with van der Waals surface area (Å²) < 4.78 is 109. The number of amides is 3. The summed E-state index contributed by atoms with van der Waals surface area (Å²) in [7, 11) is 1.31. The van der Waals surface area contributed by atoms with Crippen LogP contribution in [0.4, 0.5) is 41.2 Å². The predicted octanol–water partition coefficient (Wildman–Crippen LogP) is 8.97. The smallest absolute Gasteiger partial charge is 0.419 e. The molecule has 3 aromatic carbocycles. The first kappa shape index (κ1) is 38.2. The maximum atomic E-state index is 15.4. The van der Waals surface area contributed by atoms with Crippen LogP contribution in [0.2, 0.25) is 0 Å². The van der Waals surface area contributed by atoms with Crippen molar-refractivity contribution in [1.82, 2.24) is 10.6 Å². The molecule has 3 aromatic rings. The van der Waals surface area contributed by atoms with E-state index in [-0.39, 0.29) is 51.6 Å². The molecule has 0 saturated heterocycles. The number of methoxy groups -OCH3 is 1. The van der Waals surface area contributed by atoms with E-state index in [0.29, 0.717) is 43.7 Å².